The lowest BCUT2D eigenvalue weighted by atomic mass is 9.82. The van der Waals surface area contributed by atoms with E-state index in [0.717, 1.165) is 24.0 Å². The summed E-state index contributed by atoms with van der Waals surface area (Å²) in [4.78, 5) is 12.1. The number of methoxy groups -OCH3 is 1. The molecule has 2 fully saturated rings. The molecule has 0 spiro atoms. The van der Waals surface area contributed by atoms with Crippen LogP contribution in [0.15, 0.2) is 48.5 Å². The third kappa shape index (κ3) is 3.46. The molecule has 1 aliphatic heterocycles. The quantitative estimate of drug-likeness (QED) is 0.851. The number of carbonyl (C=O) groups is 1. The van der Waals surface area contributed by atoms with Gasteiger partial charge in [-0.05, 0) is 37.8 Å². The molecular formula is C22H25NO4. The standard InChI is InChI=1S/C22H25NO4/c1-25-19-12-11-17(15-20(19)26-18-9-5-6-10-18)22(13-14-23-21(24)27-22)16-7-3-2-4-8-16/h2-4,7-8,11-12,15,18H,5-6,9-10,13-14H2,1H3,(H,23,24). The number of rotatable bonds is 5. The molecule has 5 nitrogen and oxygen atoms in total. The summed E-state index contributed by atoms with van der Waals surface area (Å²) >= 11 is 0. The molecule has 1 amide bonds. The fourth-order valence-electron chi connectivity index (χ4n) is 4.07. The number of amides is 1. The highest BCUT2D eigenvalue weighted by Crippen LogP contribution is 2.42. The van der Waals surface area contributed by atoms with Crippen molar-refractivity contribution in [3.63, 3.8) is 0 Å². The number of hydrogen-bond acceptors (Lipinski definition) is 4. The smallest absolute Gasteiger partial charge is 0.408 e. The summed E-state index contributed by atoms with van der Waals surface area (Å²) in [5, 5.41) is 2.76. The van der Waals surface area contributed by atoms with Gasteiger partial charge in [0.15, 0.2) is 17.1 Å². The highest BCUT2D eigenvalue weighted by molar-refractivity contribution is 5.70. The zero-order valence-electron chi connectivity index (χ0n) is 15.6. The maximum absolute atomic E-state index is 12.1. The first-order valence-corrected chi connectivity index (χ1v) is 9.59. The predicted octanol–water partition coefficient (Wildman–Crippen LogP) is 4.39. The van der Waals surface area contributed by atoms with Crippen LogP contribution in [0.1, 0.15) is 43.2 Å². The zero-order valence-corrected chi connectivity index (χ0v) is 15.6. The van der Waals surface area contributed by atoms with E-state index in [1.807, 2.05) is 48.5 Å². The summed E-state index contributed by atoms with van der Waals surface area (Å²) in [6.45, 7) is 0.554. The summed E-state index contributed by atoms with van der Waals surface area (Å²) in [5.74, 6) is 1.42. The summed E-state index contributed by atoms with van der Waals surface area (Å²) in [6.07, 6.45) is 4.99. The molecule has 1 heterocycles. The van der Waals surface area contributed by atoms with E-state index in [0.29, 0.717) is 24.5 Å². The van der Waals surface area contributed by atoms with Crippen LogP contribution in [-0.4, -0.2) is 25.9 Å². The van der Waals surface area contributed by atoms with Gasteiger partial charge in [0.1, 0.15) is 0 Å². The van der Waals surface area contributed by atoms with Crippen LogP contribution in [0.4, 0.5) is 4.79 Å². The number of hydrogen-bond donors (Lipinski definition) is 1. The molecule has 1 saturated carbocycles. The Kier molecular flexibility index (Phi) is 4.92. The molecule has 1 atom stereocenters. The van der Waals surface area contributed by atoms with Gasteiger partial charge >= 0.3 is 6.09 Å². The molecule has 4 rings (SSSR count). The average molecular weight is 367 g/mol. The van der Waals surface area contributed by atoms with Gasteiger partial charge in [0, 0.05) is 24.1 Å². The van der Waals surface area contributed by atoms with Gasteiger partial charge in [-0.2, -0.15) is 0 Å². The van der Waals surface area contributed by atoms with Crippen LogP contribution in [0.5, 0.6) is 11.5 Å². The van der Waals surface area contributed by atoms with Gasteiger partial charge in [0.25, 0.3) is 0 Å². The number of cyclic esters (lactones) is 1. The van der Waals surface area contributed by atoms with E-state index in [2.05, 4.69) is 5.32 Å². The van der Waals surface area contributed by atoms with Crippen molar-refractivity contribution in [3.8, 4) is 11.5 Å². The van der Waals surface area contributed by atoms with Gasteiger partial charge in [0.05, 0.1) is 13.2 Å². The molecular weight excluding hydrogens is 342 g/mol. The third-order valence-electron chi connectivity index (χ3n) is 5.48. The monoisotopic (exact) mass is 367 g/mol. The Bertz CT molecular complexity index is 801. The van der Waals surface area contributed by atoms with E-state index in [4.69, 9.17) is 14.2 Å². The minimum Gasteiger partial charge on any atom is -0.493 e. The highest BCUT2D eigenvalue weighted by atomic mass is 16.6. The Labute approximate surface area is 159 Å². The topological polar surface area (TPSA) is 56.8 Å². The molecule has 0 aromatic heterocycles. The van der Waals surface area contributed by atoms with Crippen LogP contribution in [-0.2, 0) is 10.3 Å². The minimum absolute atomic E-state index is 0.220. The zero-order chi connectivity index (χ0) is 18.7. The van der Waals surface area contributed by atoms with Crippen molar-refractivity contribution in [3.05, 3.63) is 59.7 Å². The highest BCUT2D eigenvalue weighted by Gasteiger charge is 2.41. The first-order chi connectivity index (χ1) is 13.2. The lowest BCUT2D eigenvalue weighted by Crippen LogP contribution is -2.46. The molecule has 5 heteroatoms. The van der Waals surface area contributed by atoms with Gasteiger partial charge in [-0.1, -0.05) is 36.4 Å². The Morgan fingerprint density at radius 3 is 2.52 bits per heavy atom. The van der Waals surface area contributed by atoms with Crippen molar-refractivity contribution in [2.75, 3.05) is 13.7 Å². The van der Waals surface area contributed by atoms with Crippen molar-refractivity contribution in [2.45, 2.75) is 43.8 Å². The van der Waals surface area contributed by atoms with Gasteiger partial charge < -0.3 is 19.5 Å². The number of nitrogens with one attached hydrogen (secondary N) is 1. The second-order valence-electron chi connectivity index (χ2n) is 7.15. The largest absolute Gasteiger partial charge is 0.493 e. The SMILES string of the molecule is COc1ccc(C2(c3ccccc3)CCNC(=O)O2)cc1OC1CCCC1. The molecule has 2 aliphatic rings. The van der Waals surface area contributed by atoms with Crippen LogP contribution in [0.3, 0.4) is 0 Å². The molecule has 0 radical (unpaired) electrons. The van der Waals surface area contributed by atoms with Crippen molar-refractivity contribution in [1.29, 1.82) is 0 Å². The normalized spacial score (nSPS) is 22.8. The summed E-state index contributed by atoms with van der Waals surface area (Å²) in [5.41, 5.74) is 1.03. The molecule has 2 aromatic rings. The molecule has 142 valence electrons. The summed E-state index contributed by atoms with van der Waals surface area (Å²) in [7, 11) is 1.65. The average Bonchev–Trinajstić information content (AvgIpc) is 3.21. The van der Waals surface area contributed by atoms with E-state index in [1.54, 1.807) is 7.11 Å². The first-order valence-electron chi connectivity index (χ1n) is 9.59. The molecule has 1 N–H and O–H groups in total. The van der Waals surface area contributed by atoms with Crippen LogP contribution in [0, 0.1) is 0 Å². The Morgan fingerprint density at radius 1 is 1.04 bits per heavy atom. The van der Waals surface area contributed by atoms with Crippen LogP contribution < -0.4 is 14.8 Å². The number of alkyl carbamates (subject to hydrolysis) is 1. The fourth-order valence-corrected chi connectivity index (χ4v) is 4.07. The summed E-state index contributed by atoms with van der Waals surface area (Å²) in [6, 6.07) is 15.7. The third-order valence-corrected chi connectivity index (χ3v) is 5.48. The lowest BCUT2D eigenvalue weighted by molar-refractivity contribution is 0.0133. The van der Waals surface area contributed by atoms with Crippen LogP contribution in [0.2, 0.25) is 0 Å². The molecule has 1 unspecified atom stereocenters. The van der Waals surface area contributed by atoms with E-state index in [1.165, 1.54) is 12.8 Å². The molecule has 1 saturated heterocycles. The van der Waals surface area contributed by atoms with E-state index in [9.17, 15) is 4.79 Å². The van der Waals surface area contributed by atoms with Crippen LogP contribution >= 0.6 is 0 Å². The summed E-state index contributed by atoms with van der Waals surface area (Å²) < 4.78 is 17.7. The van der Waals surface area contributed by atoms with Crippen molar-refractivity contribution >= 4 is 6.09 Å². The number of ether oxygens (including phenoxy) is 3. The van der Waals surface area contributed by atoms with E-state index < -0.39 is 11.7 Å². The Hall–Kier alpha value is -2.69. The first kappa shape index (κ1) is 17.7. The lowest BCUT2D eigenvalue weighted by Gasteiger charge is -2.38. The second-order valence-corrected chi connectivity index (χ2v) is 7.15. The molecule has 2 aromatic carbocycles. The van der Waals surface area contributed by atoms with Gasteiger partial charge in [-0.15, -0.1) is 0 Å². The molecule has 0 bridgehead atoms. The van der Waals surface area contributed by atoms with Crippen LogP contribution in [0.25, 0.3) is 0 Å². The second kappa shape index (κ2) is 7.51. The Balaban J connectivity index is 1.76. The molecule has 1 aliphatic carbocycles. The van der Waals surface area contributed by atoms with E-state index >= 15 is 0 Å². The number of benzene rings is 2. The van der Waals surface area contributed by atoms with Gasteiger partial charge in [-0.25, -0.2) is 4.79 Å². The van der Waals surface area contributed by atoms with Crippen molar-refractivity contribution < 1.29 is 19.0 Å². The predicted molar refractivity (Wildman–Crippen MR) is 102 cm³/mol. The maximum Gasteiger partial charge on any atom is 0.408 e. The van der Waals surface area contributed by atoms with Crippen molar-refractivity contribution in [1.82, 2.24) is 5.32 Å². The maximum atomic E-state index is 12.1. The number of carbonyl (C=O) groups excluding carboxylic acids is 1. The molecule has 27 heavy (non-hydrogen) atoms. The van der Waals surface area contributed by atoms with E-state index in [-0.39, 0.29) is 6.10 Å². The van der Waals surface area contributed by atoms with Gasteiger partial charge in [0.2, 0.25) is 0 Å². The Morgan fingerprint density at radius 2 is 1.81 bits per heavy atom. The van der Waals surface area contributed by atoms with Gasteiger partial charge in [-0.3, -0.25) is 0 Å². The minimum atomic E-state index is -0.830. The van der Waals surface area contributed by atoms with Crippen molar-refractivity contribution in [2.24, 2.45) is 0 Å². The fraction of sp³-hybridized carbons (Fsp3) is 0.409.